The lowest BCUT2D eigenvalue weighted by Crippen LogP contribution is -2.42. The number of nitrogens with one attached hydrogen (secondary N) is 1. The van der Waals surface area contributed by atoms with Crippen molar-refractivity contribution >= 4 is 11.8 Å². The average Bonchev–Trinajstić information content (AvgIpc) is 2.89. The number of hydrogen-bond donors (Lipinski definition) is 1. The first-order chi connectivity index (χ1) is 11.4. The lowest BCUT2D eigenvalue weighted by atomic mass is 9.85. The lowest BCUT2D eigenvalue weighted by molar-refractivity contribution is -0.132. The number of ether oxygens (including phenoxy) is 1. The van der Waals surface area contributed by atoms with Crippen LogP contribution in [0.1, 0.15) is 11.6 Å². The van der Waals surface area contributed by atoms with Crippen molar-refractivity contribution in [1.82, 2.24) is 15.1 Å². The van der Waals surface area contributed by atoms with Gasteiger partial charge < -0.3 is 15.0 Å². The topological polar surface area (TPSA) is 61.9 Å². The highest BCUT2D eigenvalue weighted by molar-refractivity contribution is 5.86. The van der Waals surface area contributed by atoms with Crippen LogP contribution < -0.4 is 10.1 Å². The van der Waals surface area contributed by atoms with Gasteiger partial charge in [-0.2, -0.15) is 0 Å². The molecule has 7 heteroatoms. The fourth-order valence-corrected chi connectivity index (χ4v) is 3.58. The minimum atomic E-state index is -0.309. The Morgan fingerprint density at radius 3 is 2.88 bits per heavy atom. The van der Waals surface area contributed by atoms with Crippen molar-refractivity contribution in [3.63, 3.8) is 0 Å². The molecule has 3 rings (SSSR count). The van der Waals surface area contributed by atoms with E-state index in [2.05, 4.69) is 10.2 Å². The maximum absolute atomic E-state index is 13.6. The second-order valence-electron chi connectivity index (χ2n) is 6.65. The zero-order valence-corrected chi connectivity index (χ0v) is 14.1. The standard InChI is InChI=1S/C17H22FN3O3/c1-20(2)15(22)7-19-17(23)12-8-21(3)16-11-6-10(18)4-5-14(11)24-9-13(12)16/h4-6,12-13,16H,7-9H2,1-3H3,(H,19,23)/t12-,13+,16+/m1/s1. The summed E-state index contributed by atoms with van der Waals surface area (Å²) in [5.41, 5.74) is 0.786. The fourth-order valence-electron chi connectivity index (χ4n) is 3.58. The number of nitrogens with zero attached hydrogens (tertiary/aromatic N) is 2. The van der Waals surface area contributed by atoms with E-state index in [4.69, 9.17) is 4.74 Å². The molecule has 0 saturated carbocycles. The van der Waals surface area contributed by atoms with Gasteiger partial charge in [0.2, 0.25) is 11.8 Å². The molecule has 0 bridgehead atoms. The first-order valence-electron chi connectivity index (χ1n) is 7.99. The van der Waals surface area contributed by atoms with Crippen molar-refractivity contribution in [3.05, 3.63) is 29.6 Å². The summed E-state index contributed by atoms with van der Waals surface area (Å²) in [7, 11) is 5.22. The van der Waals surface area contributed by atoms with E-state index < -0.39 is 0 Å². The number of amides is 2. The summed E-state index contributed by atoms with van der Waals surface area (Å²) in [6.45, 7) is 0.944. The van der Waals surface area contributed by atoms with E-state index in [-0.39, 0.29) is 42.1 Å². The summed E-state index contributed by atoms with van der Waals surface area (Å²) in [6.07, 6.45) is 0. The first kappa shape index (κ1) is 16.7. The van der Waals surface area contributed by atoms with Gasteiger partial charge >= 0.3 is 0 Å². The number of halogens is 1. The molecule has 1 aromatic rings. The number of fused-ring (bicyclic) bond motifs is 3. The Morgan fingerprint density at radius 1 is 1.42 bits per heavy atom. The third kappa shape index (κ3) is 2.96. The van der Waals surface area contributed by atoms with E-state index in [1.807, 2.05) is 7.05 Å². The molecule has 130 valence electrons. The van der Waals surface area contributed by atoms with Crippen LogP contribution >= 0.6 is 0 Å². The Hall–Kier alpha value is -2.15. The second kappa shape index (κ2) is 6.39. The predicted octanol–water partition coefficient (Wildman–Crippen LogP) is 0.641. The van der Waals surface area contributed by atoms with Gasteiger partial charge in [0, 0.05) is 38.2 Å². The molecule has 2 amide bonds. The molecule has 1 N–H and O–H groups in total. The van der Waals surface area contributed by atoms with Crippen LogP contribution in [0.4, 0.5) is 4.39 Å². The number of carbonyl (C=O) groups is 2. The molecule has 1 fully saturated rings. The molecule has 0 aliphatic carbocycles. The number of hydrogen-bond acceptors (Lipinski definition) is 4. The van der Waals surface area contributed by atoms with Crippen LogP contribution in [-0.4, -0.2) is 62.5 Å². The van der Waals surface area contributed by atoms with E-state index in [0.29, 0.717) is 18.9 Å². The van der Waals surface area contributed by atoms with Crippen LogP contribution in [0.25, 0.3) is 0 Å². The molecular formula is C17H22FN3O3. The van der Waals surface area contributed by atoms with Crippen LogP contribution in [0.15, 0.2) is 18.2 Å². The minimum Gasteiger partial charge on any atom is -0.493 e. The van der Waals surface area contributed by atoms with Crippen LogP contribution in [0.2, 0.25) is 0 Å². The summed E-state index contributed by atoms with van der Waals surface area (Å²) < 4.78 is 19.4. The molecule has 0 unspecified atom stereocenters. The smallest absolute Gasteiger partial charge is 0.241 e. The summed E-state index contributed by atoms with van der Waals surface area (Å²) in [5, 5.41) is 2.71. The van der Waals surface area contributed by atoms with Crippen molar-refractivity contribution in [2.24, 2.45) is 11.8 Å². The molecule has 0 aromatic heterocycles. The number of likely N-dealkylation sites (tertiary alicyclic amines) is 1. The summed E-state index contributed by atoms with van der Waals surface area (Å²) in [6, 6.07) is 4.45. The van der Waals surface area contributed by atoms with E-state index in [0.717, 1.165) is 5.56 Å². The Kier molecular flexibility index (Phi) is 4.45. The van der Waals surface area contributed by atoms with Gasteiger partial charge in [-0.1, -0.05) is 0 Å². The van der Waals surface area contributed by atoms with Gasteiger partial charge in [-0.15, -0.1) is 0 Å². The molecule has 24 heavy (non-hydrogen) atoms. The third-order valence-electron chi connectivity index (χ3n) is 4.85. The SMILES string of the molecule is CN(C)C(=O)CNC(=O)[C@@H]1CN(C)[C@H]2c3cc(F)ccc3OC[C@@H]12. The predicted molar refractivity (Wildman–Crippen MR) is 85.9 cm³/mol. The molecule has 2 aliphatic heterocycles. The van der Waals surface area contributed by atoms with Crippen LogP contribution in [-0.2, 0) is 9.59 Å². The summed E-state index contributed by atoms with van der Waals surface area (Å²) in [5.74, 6) is -0.291. The van der Waals surface area contributed by atoms with Gasteiger partial charge in [-0.25, -0.2) is 4.39 Å². The van der Waals surface area contributed by atoms with E-state index in [1.54, 1.807) is 20.2 Å². The number of rotatable bonds is 3. The van der Waals surface area contributed by atoms with E-state index in [1.165, 1.54) is 17.0 Å². The third-order valence-corrected chi connectivity index (χ3v) is 4.85. The van der Waals surface area contributed by atoms with Gasteiger partial charge in [0.05, 0.1) is 19.1 Å². The molecule has 3 atom stereocenters. The second-order valence-corrected chi connectivity index (χ2v) is 6.65. The van der Waals surface area contributed by atoms with Crippen molar-refractivity contribution in [2.75, 3.05) is 40.8 Å². The fraction of sp³-hybridized carbons (Fsp3) is 0.529. The highest BCUT2D eigenvalue weighted by atomic mass is 19.1. The van der Waals surface area contributed by atoms with Crippen molar-refractivity contribution in [3.8, 4) is 5.75 Å². The van der Waals surface area contributed by atoms with Gasteiger partial charge in [0.25, 0.3) is 0 Å². The zero-order valence-electron chi connectivity index (χ0n) is 14.1. The summed E-state index contributed by atoms with van der Waals surface area (Å²) in [4.78, 5) is 27.7. The average molecular weight is 335 g/mol. The minimum absolute atomic E-state index is 0.0183. The Morgan fingerprint density at radius 2 is 2.17 bits per heavy atom. The van der Waals surface area contributed by atoms with Crippen LogP contribution in [0.3, 0.4) is 0 Å². The molecule has 1 saturated heterocycles. The maximum Gasteiger partial charge on any atom is 0.241 e. The van der Waals surface area contributed by atoms with Gasteiger partial charge in [0.1, 0.15) is 11.6 Å². The Labute approximate surface area is 140 Å². The first-order valence-corrected chi connectivity index (χ1v) is 7.99. The van der Waals surface area contributed by atoms with E-state index >= 15 is 0 Å². The molecule has 6 nitrogen and oxygen atoms in total. The van der Waals surface area contributed by atoms with Crippen LogP contribution in [0.5, 0.6) is 5.75 Å². The largest absolute Gasteiger partial charge is 0.493 e. The zero-order chi connectivity index (χ0) is 17.4. The molecular weight excluding hydrogens is 313 g/mol. The highest BCUT2D eigenvalue weighted by Gasteiger charge is 2.47. The maximum atomic E-state index is 13.6. The quantitative estimate of drug-likeness (QED) is 0.881. The molecule has 2 heterocycles. The van der Waals surface area contributed by atoms with Crippen molar-refractivity contribution in [2.45, 2.75) is 6.04 Å². The van der Waals surface area contributed by atoms with Gasteiger partial charge in [-0.05, 0) is 25.2 Å². The molecule has 0 radical (unpaired) electrons. The van der Waals surface area contributed by atoms with E-state index in [9.17, 15) is 14.0 Å². The lowest BCUT2D eigenvalue weighted by Gasteiger charge is -2.33. The van der Waals surface area contributed by atoms with Crippen molar-refractivity contribution < 1.29 is 18.7 Å². The van der Waals surface area contributed by atoms with Gasteiger partial charge in [0.15, 0.2) is 0 Å². The highest BCUT2D eigenvalue weighted by Crippen LogP contribution is 2.46. The van der Waals surface area contributed by atoms with Crippen LogP contribution in [0, 0.1) is 17.7 Å². The monoisotopic (exact) mass is 335 g/mol. The number of carbonyl (C=O) groups excluding carboxylic acids is 2. The summed E-state index contributed by atoms with van der Waals surface area (Å²) >= 11 is 0. The number of benzene rings is 1. The molecule has 2 aliphatic rings. The molecule has 1 aromatic carbocycles. The normalized spacial score (nSPS) is 25.4. The number of likely N-dealkylation sites (N-methyl/N-ethyl adjacent to an activating group) is 1. The molecule has 0 spiro atoms. The Balaban J connectivity index is 1.75. The van der Waals surface area contributed by atoms with Crippen molar-refractivity contribution in [1.29, 1.82) is 0 Å². The van der Waals surface area contributed by atoms with Gasteiger partial charge in [-0.3, -0.25) is 14.5 Å². The Bertz CT molecular complexity index is 664.